The predicted octanol–water partition coefficient (Wildman–Crippen LogP) is 7.14. The van der Waals surface area contributed by atoms with E-state index >= 15 is 0 Å². The van der Waals surface area contributed by atoms with Crippen molar-refractivity contribution in [3.8, 4) is 0 Å². The van der Waals surface area contributed by atoms with Crippen molar-refractivity contribution in [2.45, 2.75) is 111 Å². The highest BCUT2D eigenvalue weighted by atomic mass is 16.3. The zero-order valence-electron chi connectivity index (χ0n) is 21.7. The number of aliphatic hydroxyl groups is 1. The maximum atomic E-state index is 10.8. The number of aliphatic hydroxyl groups excluding tert-OH is 1. The first-order valence-electron chi connectivity index (χ1n) is 14.0. The van der Waals surface area contributed by atoms with Crippen LogP contribution in [0.4, 0.5) is 0 Å². The fourth-order valence-electron chi connectivity index (χ4n) is 9.35. The summed E-state index contributed by atoms with van der Waals surface area (Å²) in [5.74, 6) is 2.27. The summed E-state index contributed by atoms with van der Waals surface area (Å²) in [5.41, 5.74) is 6.08. The molecule has 0 amide bonds. The molecule has 4 aliphatic carbocycles. The van der Waals surface area contributed by atoms with Crippen LogP contribution in [0.15, 0.2) is 22.8 Å². The summed E-state index contributed by atoms with van der Waals surface area (Å²) in [6.07, 6.45) is 16.8. The lowest BCUT2D eigenvalue weighted by atomic mass is 9.46. The molecule has 0 aromatic carbocycles. The molecule has 2 nitrogen and oxygen atoms in total. The molecule has 2 heteroatoms. The Kier molecular flexibility index (Phi) is 5.98. The van der Waals surface area contributed by atoms with E-state index in [0.717, 1.165) is 18.3 Å². The van der Waals surface area contributed by atoms with Crippen LogP contribution in [-0.2, 0) is 0 Å². The Morgan fingerprint density at radius 1 is 1.00 bits per heavy atom. The van der Waals surface area contributed by atoms with Gasteiger partial charge in [0.25, 0.3) is 0 Å². The highest BCUT2D eigenvalue weighted by Crippen LogP contribution is 2.66. The van der Waals surface area contributed by atoms with Gasteiger partial charge in [-0.1, -0.05) is 52.7 Å². The molecule has 32 heavy (non-hydrogen) atoms. The molecular weight excluding hydrogens is 390 g/mol. The van der Waals surface area contributed by atoms with Crippen LogP contribution in [0.25, 0.3) is 0 Å². The molecule has 1 N–H and O–H groups in total. The van der Waals surface area contributed by atoms with Gasteiger partial charge in [-0.25, -0.2) is 0 Å². The Morgan fingerprint density at radius 3 is 2.50 bits per heavy atom. The number of nitrogens with zero attached hydrogens (tertiary/aromatic N) is 1. The fourth-order valence-corrected chi connectivity index (χ4v) is 9.35. The van der Waals surface area contributed by atoms with Crippen molar-refractivity contribution in [2.24, 2.45) is 34.0 Å². The molecule has 1 saturated carbocycles. The van der Waals surface area contributed by atoms with Crippen LogP contribution in [0.2, 0.25) is 0 Å². The van der Waals surface area contributed by atoms with Gasteiger partial charge in [-0.3, -0.25) is 0 Å². The summed E-state index contributed by atoms with van der Waals surface area (Å²) in [4.78, 5) is 2.73. The van der Waals surface area contributed by atoms with Crippen LogP contribution in [0.3, 0.4) is 0 Å². The topological polar surface area (TPSA) is 23.5 Å². The van der Waals surface area contributed by atoms with Gasteiger partial charge in [-0.15, -0.1) is 0 Å². The van der Waals surface area contributed by atoms with Crippen molar-refractivity contribution in [2.75, 3.05) is 19.6 Å². The molecule has 0 radical (unpaired) electrons. The highest BCUT2D eigenvalue weighted by Gasteiger charge is 2.57. The second-order valence-corrected chi connectivity index (χ2v) is 13.4. The standard InChI is InChI=1S/C30H49NO/c1-21(15-20-31-18-7-6-8-19-31)23-10-11-24-22-9-12-26-28(2,3)27(32)14-17-30(26,5)25(22)13-16-29(23,24)4/h11,21,23,26-27,32H,6-10,12-20H2,1-5H3/t21-,23+,26-,27-,29+,30+/m0/s1. The molecule has 180 valence electrons. The zero-order valence-corrected chi connectivity index (χ0v) is 21.7. The first-order chi connectivity index (χ1) is 15.2. The largest absolute Gasteiger partial charge is 0.393 e. The Hall–Kier alpha value is -0.600. The van der Waals surface area contributed by atoms with Gasteiger partial charge in [-0.05, 0) is 129 Å². The average molecular weight is 440 g/mol. The minimum absolute atomic E-state index is 0.0435. The number of fused-ring (bicyclic) bond motifs is 4. The van der Waals surface area contributed by atoms with Gasteiger partial charge in [0.2, 0.25) is 0 Å². The molecule has 0 unspecified atom stereocenters. The first kappa shape index (κ1) is 23.2. The second-order valence-electron chi connectivity index (χ2n) is 13.4. The average Bonchev–Trinajstić information content (AvgIpc) is 3.13. The molecule has 0 aromatic rings. The van der Waals surface area contributed by atoms with Gasteiger partial charge in [0, 0.05) is 0 Å². The summed E-state index contributed by atoms with van der Waals surface area (Å²) in [5, 5.41) is 10.8. The van der Waals surface area contributed by atoms with E-state index in [1.807, 2.05) is 0 Å². The van der Waals surface area contributed by atoms with Crippen molar-refractivity contribution in [3.63, 3.8) is 0 Å². The molecule has 0 spiro atoms. The van der Waals surface area contributed by atoms with E-state index in [9.17, 15) is 5.11 Å². The van der Waals surface area contributed by atoms with E-state index < -0.39 is 0 Å². The van der Waals surface area contributed by atoms with Gasteiger partial charge in [0.15, 0.2) is 0 Å². The Balaban J connectivity index is 1.35. The fraction of sp³-hybridized carbons (Fsp3) is 0.867. The Labute approximate surface area is 197 Å². The molecule has 6 atom stereocenters. The highest BCUT2D eigenvalue weighted by molar-refractivity contribution is 5.49. The molecule has 1 saturated heterocycles. The number of hydrogen-bond donors (Lipinski definition) is 1. The van der Waals surface area contributed by atoms with Crippen molar-refractivity contribution in [1.29, 1.82) is 0 Å². The number of hydrogen-bond acceptors (Lipinski definition) is 2. The van der Waals surface area contributed by atoms with Gasteiger partial charge >= 0.3 is 0 Å². The zero-order chi connectivity index (χ0) is 22.7. The van der Waals surface area contributed by atoms with Gasteiger partial charge < -0.3 is 10.0 Å². The van der Waals surface area contributed by atoms with Crippen LogP contribution in [0, 0.1) is 34.0 Å². The smallest absolute Gasteiger partial charge is 0.0594 e. The van der Waals surface area contributed by atoms with E-state index in [2.05, 4.69) is 45.6 Å². The van der Waals surface area contributed by atoms with Crippen molar-refractivity contribution >= 4 is 0 Å². The first-order valence-corrected chi connectivity index (χ1v) is 14.0. The molecule has 5 aliphatic rings. The molecule has 2 fully saturated rings. The molecular formula is C30H49NO. The van der Waals surface area contributed by atoms with E-state index in [0.29, 0.717) is 16.7 Å². The summed E-state index contributed by atoms with van der Waals surface area (Å²) in [6.45, 7) is 16.4. The molecule has 0 bridgehead atoms. The van der Waals surface area contributed by atoms with Crippen LogP contribution in [-0.4, -0.2) is 35.7 Å². The molecule has 0 aromatic heterocycles. The van der Waals surface area contributed by atoms with Crippen LogP contribution < -0.4 is 0 Å². The number of allylic oxidation sites excluding steroid dienone is 4. The summed E-state index contributed by atoms with van der Waals surface area (Å²) in [7, 11) is 0. The van der Waals surface area contributed by atoms with Crippen molar-refractivity contribution < 1.29 is 5.11 Å². The molecule has 5 rings (SSSR count). The van der Waals surface area contributed by atoms with E-state index in [-0.39, 0.29) is 11.5 Å². The third kappa shape index (κ3) is 3.49. The lowest BCUT2D eigenvalue weighted by Gasteiger charge is -2.59. The quantitative estimate of drug-likeness (QED) is 0.503. The third-order valence-electron chi connectivity index (χ3n) is 11.5. The third-order valence-corrected chi connectivity index (χ3v) is 11.5. The Bertz CT molecular complexity index is 787. The molecule has 1 aliphatic heterocycles. The normalized spacial score (nSPS) is 42.7. The SMILES string of the molecule is C[C@@H](CCN1CCCCC1)[C@H]1CC=C2C3=C(CC[C@@]21C)[C@@]1(C)CC[C@H](O)C(C)(C)[C@@H]1CC3. The number of rotatable bonds is 4. The van der Waals surface area contributed by atoms with Crippen molar-refractivity contribution in [1.82, 2.24) is 4.90 Å². The maximum Gasteiger partial charge on any atom is 0.0594 e. The van der Waals surface area contributed by atoms with Gasteiger partial charge in [0.05, 0.1) is 6.10 Å². The van der Waals surface area contributed by atoms with Gasteiger partial charge in [-0.2, -0.15) is 0 Å². The minimum Gasteiger partial charge on any atom is -0.393 e. The Morgan fingerprint density at radius 2 is 1.75 bits per heavy atom. The van der Waals surface area contributed by atoms with Crippen LogP contribution >= 0.6 is 0 Å². The number of likely N-dealkylation sites (tertiary alicyclic amines) is 1. The number of piperidine rings is 1. The summed E-state index contributed by atoms with van der Waals surface area (Å²) in [6, 6.07) is 0. The van der Waals surface area contributed by atoms with E-state index in [1.165, 1.54) is 83.8 Å². The van der Waals surface area contributed by atoms with Crippen molar-refractivity contribution in [3.05, 3.63) is 22.8 Å². The summed E-state index contributed by atoms with van der Waals surface area (Å²) >= 11 is 0. The maximum absolute atomic E-state index is 10.8. The molecule has 1 heterocycles. The predicted molar refractivity (Wildman–Crippen MR) is 134 cm³/mol. The van der Waals surface area contributed by atoms with Crippen LogP contribution in [0.5, 0.6) is 0 Å². The summed E-state index contributed by atoms with van der Waals surface area (Å²) < 4.78 is 0. The lowest BCUT2D eigenvalue weighted by Crippen LogP contribution is -2.53. The van der Waals surface area contributed by atoms with Gasteiger partial charge in [0.1, 0.15) is 0 Å². The van der Waals surface area contributed by atoms with E-state index in [1.54, 1.807) is 16.7 Å². The minimum atomic E-state index is -0.132. The monoisotopic (exact) mass is 439 g/mol. The second kappa shape index (κ2) is 8.26. The van der Waals surface area contributed by atoms with E-state index in [4.69, 9.17) is 0 Å². The van der Waals surface area contributed by atoms with Crippen LogP contribution in [0.1, 0.15) is 105 Å². The lowest BCUT2D eigenvalue weighted by molar-refractivity contribution is -0.0905.